The van der Waals surface area contributed by atoms with Crippen molar-refractivity contribution in [3.63, 3.8) is 0 Å². The van der Waals surface area contributed by atoms with Gasteiger partial charge in [-0.1, -0.05) is 18.5 Å². The first-order valence-electron chi connectivity index (χ1n) is 5.14. The largest absolute Gasteiger partial charge is 0.250 e. The zero-order valence-electron chi connectivity index (χ0n) is 9.27. The fourth-order valence-electron chi connectivity index (χ4n) is 1.40. The fourth-order valence-corrected chi connectivity index (χ4v) is 2.38. The Morgan fingerprint density at radius 3 is 3.00 bits per heavy atom. The Morgan fingerprint density at radius 2 is 2.25 bits per heavy atom. The zero-order valence-corrected chi connectivity index (χ0v) is 10.8. The molecule has 0 fully saturated rings. The first-order valence-corrected chi connectivity index (χ1v) is 6.67. The quantitative estimate of drug-likeness (QED) is 0.623. The van der Waals surface area contributed by atoms with Gasteiger partial charge in [0.15, 0.2) is 5.65 Å². The lowest BCUT2D eigenvalue weighted by Crippen LogP contribution is -1.98. The third-order valence-electron chi connectivity index (χ3n) is 2.17. The van der Waals surface area contributed by atoms with Crippen molar-refractivity contribution in [1.29, 1.82) is 0 Å². The lowest BCUT2D eigenvalue weighted by atomic mass is 10.4. The molecule has 6 heteroatoms. The third-order valence-corrected chi connectivity index (χ3v) is 3.62. The van der Waals surface area contributed by atoms with Crippen LogP contribution >= 0.6 is 23.4 Å². The Kier molecular flexibility index (Phi) is 3.66. The molecule has 2 rings (SSSR count). The fraction of sp³-hybridized carbons (Fsp3) is 0.500. The van der Waals surface area contributed by atoms with E-state index in [4.69, 9.17) is 11.6 Å². The van der Waals surface area contributed by atoms with Crippen LogP contribution in [0.4, 0.5) is 0 Å². The Balaban J connectivity index is 2.29. The average Bonchev–Trinajstić information content (AvgIpc) is 2.62. The van der Waals surface area contributed by atoms with Crippen LogP contribution in [-0.4, -0.2) is 25.5 Å². The molecule has 0 unspecified atom stereocenters. The van der Waals surface area contributed by atoms with Crippen molar-refractivity contribution in [3.05, 3.63) is 17.2 Å². The monoisotopic (exact) mass is 256 g/mol. The lowest BCUT2D eigenvalue weighted by Gasteiger charge is -2.01. The molecule has 0 aliphatic heterocycles. The normalized spacial score (nSPS) is 11.2. The number of thioether (sulfide) groups is 1. The van der Waals surface area contributed by atoms with Gasteiger partial charge in [0.25, 0.3) is 0 Å². The number of nitrogens with zero attached hydrogens (tertiary/aromatic N) is 4. The number of hydrogen-bond donors (Lipinski definition) is 0. The molecule has 0 aliphatic carbocycles. The number of fused-ring (bicyclic) bond motifs is 1. The summed E-state index contributed by atoms with van der Waals surface area (Å²) >= 11 is 7.89. The van der Waals surface area contributed by atoms with E-state index in [2.05, 4.69) is 22.0 Å². The van der Waals surface area contributed by atoms with Gasteiger partial charge in [-0.15, -0.1) is 0 Å². The number of halogens is 1. The van der Waals surface area contributed by atoms with Crippen molar-refractivity contribution in [3.8, 4) is 0 Å². The summed E-state index contributed by atoms with van der Waals surface area (Å²) in [6.45, 7) is 2.16. The van der Waals surface area contributed by atoms with Crippen LogP contribution in [0.25, 0.3) is 11.0 Å². The molecule has 0 amide bonds. The van der Waals surface area contributed by atoms with Gasteiger partial charge in [-0.3, -0.25) is 4.68 Å². The Hall–Kier alpha value is -0.810. The molecule has 0 N–H and O–H groups in total. The second-order valence-electron chi connectivity index (χ2n) is 3.49. The maximum atomic E-state index is 6.07. The first kappa shape index (κ1) is 11.7. The molecule has 2 aromatic heterocycles. The molecule has 0 aliphatic rings. The SMILES string of the molecule is CCCSCc1nc(Cl)c2cnn(C)c2n1. The van der Waals surface area contributed by atoms with Crippen LogP contribution in [0.5, 0.6) is 0 Å². The van der Waals surface area contributed by atoms with Gasteiger partial charge < -0.3 is 0 Å². The van der Waals surface area contributed by atoms with Crippen molar-refractivity contribution >= 4 is 34.4 Å². The average molecular weight is 257 g/mol. The summed E-state index contributed by atoms with van der Waals surface area (Å²) in [5.74, 6) is 2.69. The Labute approximate surface area is 103 Å². The Bertz CT molecular complexity index is 497. The van der Waals surface area contributed by atoms with E-state index in [0.29, 0.717) is 5.15 Å². The van der Waals surface area contributed by atoms with E-state index in [-0.39, 0.29) is 0 Å². The molecule has 2 heterocycles. The lowest BCUT2D eigenvalue weighted by molar-refractivity contribution is 0.782. The summed E-state index contributed by atoms with van der Waals surface area (Å²) in [6, 6.07) is 0. The highest BCUT2D eigenvalue weighted by Gasteiger charge is 2.09. The van der Waals surface area contributed by atoms with E-state index in [1.807, 2.05) is 18.8 Å². The zero-order chi connectivity index (χ0) is 11.5. The van der Waals surface area contributed by atoms with Gasteiger partial charge in [-0.2, -0.15) is 16.9 Å². The summed E-state index contributed by atoms with van der Waals surface area (Å²) < 4.78 is 1.72. The molecule has 86 valence electrons. The van der Waals surface area contributed by atoms with Gasteiger partial charge in [0.2, 0.25) is 0 Å². The summed E-state index contributed by atoms with van der Waals surface area (Å²) in [6.07, 6.45) is 2.85. The minimum absolute atomic E-state index is 0.491. The number of hydrogen-bond acceptors (Lipinski definition) is 4. The van der Waals surface area contributed by atoms with E-state index in [0.717, 1.165) is 34.8 Å². The van der Waals surface area contributed by atoms with Crippen molar-refractivity contribution in [2.24, 2.45) is 7.05 Å². The minimum atomic E-state index is 0.491. The van der Waals surface area contributed by atoms with Gasteiger partial charge in [0, 0.05) is 7.05 Å². The summed E-state index contributed by atoms with van der Waals surface area (Å²) in [7, 11) is 1.86. The molecular weight excluding hydrogens is 244 g/mol. The van der Waals surface area contributed by atoms with Crippen molar-refractivity contribution in [1.82, 2.24) is 19.7 Å². The molecule has 0 saturated carbocycles. The second kappa shape index (κ2) is 5.01. The summed E-state index contributed by atoms with van der Waals surface area (Å²) in [4.78, 5) is 8.72. The third kappa shape index (κ3) is 2.30. The number of aromatic nitrogens is 4. The van der Waals surface area contributed by atoms with Gasteiger partial charge in [-0.25, -0.2) is 9.97 Å². The molecule has 0 atom stereocenters. The smallest absolute Gasteiger partial charge is 0.162 e. The highest BCUT2D eigenvalue weighted by molar-refractivity contribution is 7.98. The van der Waals surface area contributed by atoms with E-state index in [9.17, 15) is 0 Å². The standard InChI is InChI=1S/C10H13ClN4S/c1-3-4-16-6-8-13-9(11)7-5-12-15(2)10(7)14-8/h5H,3-4,6H2,1-2H3. The van der Waals surface area contributed by atoms with Crippen LogP contribution in [0.3, 0.4) is 0 Å². The second-order valence-corrected chi connectivity index (χ2v) is 4.95. The molecule has 2 aromatic rings. The number of aryl methyl sites for hydroxylation is 1. The molecule has 0 aromatic carbocycles. The molecule has 0 radical (unpaired) electrons. The van der Waals surface area contributed by atoms with Crippen molar-refractivity contribution < 1.29 is 0 Å². The van der Waals surface area contributed by atoms with Crippen molar-refractivity contribution in [2.45, 2.75) is 19.1 Å². The maximum Gasteiger partial charge on any atom is 0.162 e. The van der Waals surface area contributed by atoms with E-state index >= 15 is 0 Å². The van der Waals surface area contributed by atoms with Crippen LogP contribution in [0, 0.1) is 0 Å². The van der Waals surface area contributed by atoms with Crippen molar-refractivity contribution in [2.75, 3.05) is 5.75 Å². The predicted octanol–water partition coefficient (Wildman–Crippen LogP) is 2.66. The number of rotatable bonds is 4. The topological polar surface area (TPSA) is 43.6 Å². The summed E-state index contributed by atoms with van der Waals surface area (Å²) in [5, 5.41) is 5.42. The van der Waals surface area contributed by atoms with Crippen LogP contribution < -0.4 is 0 Å². The van der Waals surface area contributed by atoms with Crippen LogP contribution in [0.2, 0.25) is 5.15 Å². The molecule has 4 nitrogen and oxygen atoms in total. The van der Waals surface area contributed by atoms with E-state index in [1.165, 1.54) is 0 Å². The maximum absolute atomic E-state index is 6.07. The predicted molar refractivity (Wildman–Crippen MR) is 67.8 cm³/mol. The van der Waals surface area contributed by atoms with E-state index < -0.39 is 0 Å². The summed E-state index contributed by atoms with van der Waals surface area (Å²) in [5.41, 5.74) is 0.798. The molecule has 0 spiro atoms. The molecule has 0 bridgehead atoms. The highest BCUT2D eigenvalue weighted by atomic mass is 35.5. The van der Waals surface area contributed by atoms with Crippen LogP contribution in [-0.2, 0) is 12.8 Å². The minimum Gasteiger partial charge on any atom is -0.250 e. The van der Waals surface area contributed by atoms with E-state index in [1.54, 1.807) is 10.9 Å². The Morgan fingerprint density at radius 1 is 1.44 bits per heavy atom. The highest BCUT2D eigenvalue weighted by Crippen LogP contribution is 2.21. The van der Waals surface area contributed by atoms with Crippen LogP contribution in [0.15, 0.2) is 6.20 Å². The molecule has 0 saturated heterocycles. The molecule has 16 heavy (non-hydrogen) atoms. The first-order chi connectivity index (χ1) is 7.72. The van der Waals surface area contributed by atoms with Gasteiger partial charge in [-0.05, 0) is 12.2 Å². The van der Waals surface area contributed by atoms with Crippen LogP contribution in [0.1, 0.15) is 19.2 Å². The molecular formula is C10H13ClN4S. The van der Waals surface area contributed by atoms with Gasteiger partial charge in [0.05, 0.1) is 17.3 Å². The van der Waals surface area contributed by atoms with Gasteiger partial charge in [0.1, 0.15) is 11.0 Å². The van der Waals surface area contributed by atoms with Gasteiger partial charge >= 0.3 is 0 Å².